The van der Waals surface area contributed by atoms with Gasteiger partial charge in [0, 0.05) is 4.47 Å². The van der Waals surface area contributed by atoms with E-state index in [0.29, 0.717) is 17.9 Å². The lowest BCUT2D eigenvalue weighted by molar-refractivity contribution is 0.111. The molecule has 0 aromatic heterocycles. The molecule has 0 aliphatic rings. The normalized spacial score (nSPS) is 10.2. The van der Waals surface area contributed by atoms with Gasteiger partial charge in [0.2, 0.25) is 0 Å². The Balaban J connectivity index is 2.12. The Labute approximate surface area is 134 Å². The zero-order chi connectivity index (χ0) is 14.5. The number of carbonyl (C=O) groups is 1. The Morgan fingerprint density at radius 1 is 1.10 bits per heavy atom. The van der Waals surface area contributed by atoms with Crippen molar-refractivity contribution in [3.05, 3.63) is 56.5 Å². The van der Waals surface area contributed by atoms with E-state index < -0.39 is 0 Å². The standard InChI is InChI=1S/C15H12Br2O3/c1-19-15-4-2-10(6-13(15)17)9-20-14-5-3-12(16)7-11(14)8-18/h2-8H,9H2,1H3. The third-order valence-corrected chi connectivity index (χ3v) is 3.82. The van der Waals surface area contributed by atoms with Crippen LogP contribution in [0.15, 0.2) is 45.3 Å². The number of aldehydes is 1. The highest BCUT2D eigenvalue weighted by Crippen LogP contribution is 2.27. The number of hydrogen-bond acceptors (Lipinski definition) is 3. The first-order chi connectivity index (χ1) is 9.63. The maximum atomic E-state index is 11.0. The zero-order valence-corrected chi connectivity index (χ0v) is 13.9. The summed E-state index contributed by atoms with van der Waals surface area (Å²) in [7, 11) is 1.62. The molecule has 0 amide bonds. The maximum absolute atomic E-state index is 11.0. The molecule has 104 valence electrons. The zero-order valence-electron chi connectivity index (χ0n) is 10.7. The minimum atomic E-state index is 0.380. The second kappa shape index (κ2) is 6.90. The molecule has 0 atom stereocenters. The van der Waals surface area contributed by atoms with Crippen LogP contribution in [-0.2, 0) is 6.61 Å². The monoisotopic (exact) mass is 398 g/mol. The van der Waals surface area contributed by atoms with Gasteiger partial charge >= 0.3 is 0 Å². The van der Waals surface area contributed by atoms with E-state index in [1.54, 1.807) is 19.2 Å². The Kier molecular flexibility index (Phi) is 5.20. The summed E-state index contributed by atoms with van der Waals surface area (Å²) in [4.78, 5) is 11.0. The molecular formula is C15H12Br2O3. The maximum Gasteiger partial charge on any atom is 0.153 e. The molecule has 0 aliphatic heterocycles. The van der Waals surface area contributed by atoms with Crippen LogP contribution in [0, 0.1) is 0 Å². The number of carbonyl (C=O) groups excluding carboxylic acids is 1. The average molecular weight is 400 g/mol. The van der Waals surface area contributed by atoms with Gasteiger partial charge in [-0.2, -0.15) is 0 Å². The van der Waals surface area contributed by atoms with Crippen molar-refractivity contribution < 1.29 is 14.3 Å². The second-order valence-corrected chi connectivity index (χ2v) is 5.83. The summed E-state index contributed by atoms with van der Waals surface area (Å²) >= 11 is 6.75. The minimum Gasteiger partial charge on any atom is -0.496 e. The lowest BCUT2D eigenvalue weighted by Crippen LogP contribution is -1.98. The van der Waals surface area contributed by atoms with Gasteiger partial charge in [-0.15, -0.1) is 0 Å². The molecule has 0 aliphatic carbocycles. The summed E-state index contributed by atoms with van der Waals surface area (Å²) in [6.45, 7) is 0.380. The third kappa shape index (κ3) is 3.61. The molecule has 0 saturated carbocycles. The van der Waals surface area contributed by atoms with Crippen molar-refractivity contribution in [3.8, 4) is 11.5 Å². The second-order valence-electron chi connectivity index (χ2n) is 4.06. The van der Waals surface area contributed by atoms with E-state index in [9.17, 15) is 4.79 Å². The Morgan fingerprint density at radius 3 is 2.50 bits per heavy atom. The van der Waals surface area contributed by atoms with E-state index in [2.05, 4.69) is 31.9 Å². The van der Waals surface area contributed by atoms with Crippen molar-refractivity contribution in [2.45, 2.75) is 6.61 Å². The Hall–Kier alpha value is -1.33. The summed E-state index contributed by atoms with van der Waals surface area (Å²) in [5.74, 6) is 1.33. The summed E-state index contributed by atoms with van der Waals surface area (Å²) < 4.78 is 12.6. The van der Waals surface area contributed by atoms with Crippen LogP contribution >= 0.6 is 31.9 Å². The molecular weight excluding hydrogens is 388 g/mol. The van der Waals surface area contributed by atoms with Crippen molar-refractivity contribution in [2.24, 2.45) is 0 Å². The van der Waals surface area contributed by atoms with Crippen molar-refractivity contribution in [1.82, 2.24) is 0 Å². The Morgan fingerprint density at radius 2 is 1.85 bits per heavy atom. The van der Waals surface area contributed by atoms with E-state index >= 15 is 0 Å². The van der Waals surface area contributed by atoms with Gasteiger partial charge in [0.15, 0.2) is 6.29 Å². The number of hydrogen-bond donors (Lipinski definition) is 0. The molecule has 0 unspecified atom stereocenters. The predicted molar refractivity (Wildman–Crippen MR) is 84.6 cm³/mol. The van der Waals surface area contributed by atoms with Gasteiger partial charge < -0.3 is 9.47 Å². The van der Waals surface area contributed by atoms with Crippen LogP contribution in [0.4, 0.5) is 0 Å². The van der Waals surface area contributed by atoms with Gasteiger partial charge in [0.1, 0.15) is 18.1 Å². The van der Waals surface area contributed by atoms with Crippen LogP contribution in [0.2, 0.25) is 0 Å². The highest BCUT2D eigenvalue weighted by atomic mass is 79.9. The van der Waals surface area contributed by atoms with Crippen molar-refractivity contribution in [2.75, 3.05) is 7.11 Å². The predicted octanol–water partition coefficient (Wildman–Crippen LogP) is 4.61. The van der Waals surface area contributed by atoms with Gasteiger partial charge in [-0.05, 0) is 51.8 Å². The van der Waals surface area contributed by atoms with Gasteiger partial charge in [0.05, 0.1) is 17.1 Å². The van der Waals surface area contributed by atoms with Crippen LogP contribution in [-0.4, -0.2) is 13.4 Å². The number of ether oxygens (including phenoxy) is 2. The molecule has 0 saturated heterocycles. The fraction of sp³-hybridized carbons (Fsp3) is 0.133. The van der Waals surface area contributed by atoms with Gasteiger partial charge in [-0.1, -0.05) is 22.0 Å². The van der Waals surface area contributed by atoms with E-state index in [4.69, 9.17) is 9.47 Å². The highest BCUT2D eigenvalue weighted by Gasteiger charge is 2.06. The fourth-order valence-corrected chi connectivity index (χ4v) is 2.67. The van der Waals surface area contributed by atoms with E-state index in [0.717, 1.165) is 26.5 Å². The number of rotatable bonds is 5. The van der Waals surface area contributed by atoms with Crippen LogP contribution in [0.25, 0.3) is 0 Å². The van der Waals surface area contributed by atoms with Crippen molar-refractivity contribution >= 4 is 38.1 Å². The molecule has 0 spiro atoms. The Bertz CT molecular complexity index is 627. The largest absolute Gasteiger partial charge is 0.496 e. The SMILES string of the molecule is COc1ccc(COc2ccc(Br)cc2C=O)cc1Br. The molecule has 2 aromatic rings. The number of halogens is 2. The van der Waals surface area contributed by atoms with E-state index in [1.807, 2.05) is 24.3 Å². The van der Waals surface area contributed by atoms with Crippen molar-refractivity contribution in [3.63, 3.8) is 0 Å². The van der Waals surface area contributed by atoms with Crippen LogP contribution < -0.4 is 9.47 Å². The molecule has 0 heterocycles. The third-order valence-electron chi connectivity index (χ3n) is 2.71. The summed E-state index contributed by atoms with van der Waals surface area (Å²) in [5, 5.41) is 0. The van der Waals surface area contributed by atoms with Crippen LogP contribution in [0.5, 0.6) is 11.5 Å². The molecule has 3 nitrogen and oxygen atoms in total. The van der Waals surface area contributed by atoms with Gasteiger partial charge in [-0.3, -0.25) is 4.79 Å². The van der Waals surface area contributed by atoms with Crippen LogP contribution in [0.3, 0.4) is 0 Å². The minimum absolute atomic E-state index is 0.380. The lowest BCUT2D eigenvalue weighted by atomic mass is 10.2. The molecule has 5 heteroatoms. The molecule has 0 N–H and O–H groups in total. The summed E-state index contributed by atoms with van der Waals surface area (Å²) in [6, 6.07) is 11.1. The quantitative estimate of drug-likeness (QED) is 0.688. The lowest BCUT2D eigenvalue weighted by Gasteiger charge is -2.10. The number of methoxy groups -OCH3 is 1. The van der Waals surface area contributed by atoms with E-state index in [-0.39, 0.29) is 0 Å². The summed E-state index contributed by atoms with van der Waals surface area (Å²) in [6.07, 6.45) is 0.782. The molecule has 0 radical (unpaired) electrons. The first-order valence-electron chi connectivity index (χ1n) is 5.84. The number of benzene rings is 2. The van der Waals surface area contributed by atoms with Gasteiger partial charge in [0.25, 0.3) is 0 Å². The molecule has 2 rings (SSSR count). The van der Waals surface area contributed by atoms with Crippen LogP contribution in [0.1, 0.15) is 15.9 Å². The average Bonchev–Trinajstić information content (AvgIpc) is 2.46. The van der Waals surface area contributed by atoms with Crippen molar-refractivity contribution in [1.29, 1.82) is 0 Å². The van der Waals surface area contributed by atoms with Gasteiger partial charge in [-0.25, -0.2) is 0 Å². The summed E-state index contributed by atoms with van der Waals surface area (Å²) in [5.41, 5.74) is 1.50. The van der Waals surface area contributed by atoms with E-state index in [1.165, 1.54) is 0 Å². The molecule has 20 heavy (non-hydrogen) atoms. The topological polar surface area (TPSA) is 35.5 Å². The smallest absolute Gasteiger partial charge is 0.153 e. The fourth-order valence-electron chi connectivity index (χ4n) is 1.70. The molecule has 0 fully saturated rings. The molecule has 0 bridgehead atoms. The first-order valence-corrected chi connectivity index (χ1v) is 7.42. The first kappa shape index (κ1) is 15.1. The molecule has 2 aromatic carbocycles. The highest BCUT2D eigenvalue weighted by molar-refractivity contribution is 9.10.